The minimum absolute atomic E-state index is 0.585. The highest BCUT2D eigenvalue weighted by Crippen LogP contribution is 2.44. The standard InChI is InChI=1S/C51H32N4O/c1-4-16-33(17-5-1)37-22-10-11-23-38(37)36-28-30-44(42(32-36)51-53-49(34-18-6-2-7-19-34)52-50(54-51)35-20-8-3-9-21-35)55-43-26-14-12-24-39(43)40-29-31-46-47(48(40)55)41-25-13-15-27-45(41)56-46/h1-32H. The largest absolute Gasteiger partial charge is 0.456 e. The summed E-state index contributed by atoms with van der Waals surface area (Å²) in [5.41, 5.74) is 12.0. The molecule has 0 fully saturated rings. The average Bonchev–Trinajstić information content (AvgIpc) is 3.83. The van der Waals surface area contributed by atoms with E-state index in [1.165, 1.54) is 0 Å². The van der Waals surface area contributed by atoms with Gasteiger partial charge in [0.2, 0.25) is 0 Å². The predicted octanol–water partition coefficient (Wildman–Crippen LogP) is 13.2. The van der Waals surface area contributed by atoms with Gasteiger partial charge >= 0.3 is 0 Å². The maximum Gasteiger partial charge on any atom is 0.166 e. The summed E-state index contributed by atoms with van der Waals surface area (Å²) in [5, 5.41) is 4.45. The van der Waals surface area contributed by atoms with Crippen molar-refractivity contribution in [3.63, 3.8) is 0 Å². The van der Waals surface area contributed by atoms with E-state index < -0.39 is 0 Å². The van der Waals surface area contributed by atoms with Crippen LogP contribution >= 0.6 is 0 Å². The van der Waals surface area contributed by atoms with Crippen LogP contribution in [0.3, 0.4) is 0 Å². The Morgan fingerprint density at radius 1 is 0.357 bits per heavy atom. The van der Waals surface area contributed by atoms with Crippen molar-refractivity contribution in [1.82, 2.24) is 19.5 Å². The van der Waals surface area contributed by atoms with E-state index in [2.05, 4.69) is 150 Å². The fourth-order valence-electron chi connectivity index (χ4n) is 8.13. The predicted molar refractivity (Wildman–Crippen MR) is 229 cm³/mol. The molecule has 0 saturated carbocycles. The van der Waals surface area contributed by atoms with E-state index in [0.29, 0.717) is 17.5 Å². The Morgan fingerprint density at radius 3 is 1.61 bits per heavy atom. The zero-order valence-corrected chi connectivity index (χ0v) is 30.2. The minimum Gasteiger partial charge on any atom is -0.456 e. The molecule has 11 aromatic rings. The van der Waals surface area contributed by atoms with Crippen molar-refractivity contribution in [3.05, 3.63) is 194 Å². The van der Waals surface area contributed by atoms with E-state index in [1.54, 1.807) is 0 Å². The molecule has 0 aliphatic carbocycles. The molecule has 5 nitrogen and oxygen atoms in total. The van der Waals surface area contributed by atoms with Crippen LogP contribution in [0.1, 0.15) is 0 Å². The van der Waals surface area contributed by atoms with Crippen LogP contribution in [-0.4, -0.2) is 19.5 Å². The molecule has 3 heterocycles. The molecule has 8 aromatic carbocycles. The molecule has 11 rings (SSSR count). The highest BCUT2D eigenvalue weighted by Gasteiger charge is 2.23. The van der Waals surface area contributed by atoms with Gasteiger partial charge in [-0.1, -0.05) is 158 Å². The normalized spacial score (nSPS) is 11.6. The lowest BCUT2D eigenvalue weighted by molar-refractivity contribution is 0.669. The molecule has 262 valence electrons. The Kier molecular flexibility index (Phi) is 7.42. The highest BCUT2D eigenvalue weighted by molar-refractivity contribution is 6.24. The van der Waals surface area contributed by atoms with Crippen molar-refractivity contribution in [2.75, 3.05) is 0 Å². The molecule has 5 heteroatoms. The second-order valence-corrected chi connectivity index (χ2v) is 14.0. The van der Waals surface area contributed by atoms with Crippen molar-refractivity contribution in [3.8, 4) is 62.1 Å². The molecule has 3 aromatic heterocycles. The minimum atomic E-state index is 0.585. The lowest BCUT2D eigenvalue weighted by atomic mass is 9.93. The van der Waals surface area contributed by atoms with Crippen LogP contribution < -0.4 is 0 Å². The fourth-order valence-corrected chi connectivity index (χ4v) is 8.13. The maximum atomic E-state index is 6.48. The Labute approximate surface area is 322 Å². The van der Waals surface area contributed by atoms with Gasteiger partial charge in [-0.05, 0) is 58.7 Å². The first-order valence-corrected chi connectivity index (χ1v) is 18.8. The number of hydrogen-bond donors (Lipinski definition) is 0. The lowest BCUT2D eigenvalue weighted by Crippen LogP contribution is -2.04. The summed E-state index contributed by atoms with van der Waals surface area (Å²) in [4.78, 5) is 15.6. The first-order valence-electron chi connectivity index (χ1n) is 18.8. The SMILES string of the molecule is c1ccc(-c2nc(-c3ccccc3)nc(-c3cc(-c4ccccc4-c4ccccc4)ccc3-n3c4ccccc4c4ccc5oc6ccccc6c5c43)n2)cc1. The van der Waals surface area contributed by atoms with Crippen LogP contribution in [0.15, 0.2) is 199 Å². The van der Waals surface area contributed by atoms with Crippen LogP contribution in [-0.2, 0) is 0 Å². The summed E-state index contributed by atoms with van der Waals surface area (Å²) in [6.07, 6.45) is 0. The second kappa shape index (κ2) is 13.0. The van der Waals surface area contributed by atoms with E-state index in [0.717, 1.165) is 88.4 Å². The van der Waals surface area contributed by atoms with Crippen LogP contribution in [0.25, 0.3) is 106 Å². The zero-order valence-electron chi connectivity index (χ0n) is 30.2. The highest BCUT2D eigenvalue weighted by atomic mass is 16.3. The van der Waals surface area contributed by atoms with Crippen molar-refractivity contribution in [1.29, 1.82) is 0 Å². The number of furan rings is 1. The van der Waals surface area contributed by atoms with Gasteiger partial charge in [0.25, 0.3) is 0 Å². The van der Waals surface area contributed by atoms with Gasteiger partial charge in [0.05, 0.1) is 22.1 Å². The van der Waals surface area contributed by atoms with Crippen molar-refractivity contribution < 1.29 is 4.42 Å². The summed E-state index contributed by atoms with van der Waals surface area (Å²) in [6.45, 7) is 0. The number of fused-ring (bicyclic) bond motifs is 7. The molecule has 0 radical (unpaired) electrons. The van der Waals surface area contributed by atoms with Gasteiger partial charge in [-0.2, -0.15) is 0 Å². The van der Waals surface area contributed by atoms with Gasteiger partial charge in [-0.3, -0.25) is 0 Å². The second-order valence-electron chi connectivity index (χ2n) is 14.0. The van der Waals surface area contributed by atoms with Crippen LogP contribution in [0, 0.1) is 0 Å². The molecule has 56 heavy (non-hydrogen) atoms. The summed E-state index contributed by atoms with van der Waals surface area (Å²) in [5.74, 6) is 1.81. The number of nitrogens with zero attached hydrogens (tertiary/aromatic N) is 4. The van der Waals surface area contributed by atoms with Gasteiger partial charge in [-0.15, -0.1) is 0 Å². The number of benzene rings is 8. The van der Waals surface area contributed by atoms with E-state index in [1.807, 2.05) is 48.5 Å². The summed E-state index contributed by atoms with van der Waals surface area (Å²) >= 11 is 0. The van der Waals surface area contributed by atoms with Gasteiger partial charge in [0.15, 0.2) is 17.5 Å². The summed E-state index contributed by atoms with van der Waals surface area (Å²) in [6, 6.07) is 67.4. The third-order valence-electron chi connectivity index (χ3n) is 10.7. The Bertz CT molecular complexity index is 3180. The molecule has 0 saturated heterocycles. The third kappa shape index (κ3) is 5.21. The van der Waals surface area contributed by atoms with Crippen molar-refractivity contribution in [2.24, 2.45) is 0 Å². The smallest absolute Gasteiger partial charge is 0.166 e. The van der Waals surface area contributed by atoms with Gasteiger partial charge in [0.1, 0.15) is 11.2 Å². The lowest BCUT2D eigenvalue weighted by Gasteiger charge is -2.17. The molecule has 0 unspecified atom stereocenters. The fraction of sp³-hybridized carbons (Fsp3) is 0. The van der Waals surface area contributed by atoms with Crippen LogP contribution in [0.5, 0.6) is 0 Å². The van der Waals surface area contributed by atoms with Gasteiger partial charge in [0, 0.05) is 32.8 Å². The maximum absolute atomic E-state index is 6.48. The molecule has 0 aliphatic rings. The number of hydrogen-bond acceptors (Lipinski definition) is 4. The topological polar surface area (TPSA) is 56.7 Å². The van der Waals surface area contributed by atoms with Crippen molar-refractivity contribution >= 4 is 43.7 Å². The molecular weight excluding hydrogens is 685 g/mol. The first-order chi connectivity index (χ1) is 27.8. The molecule has 0 aliphatic heterocycles. The van der Waals surface area contributed by atoms with E-state index >= 15 is 0 Å². The van der Waals surface area contributed by atoms with Gasteiger partial charge < -0.3 is 8.98 Å². The number of aromatic nitrogens is 4. The Morgan fingerprint density at radius 2 is 0.911 bits per heavy atom. The molecular formula is C51H32N4O. The average molecular weight is 717 g/mol. The van der Waals surface area contributed by atoms with Crippen LogP contribution in [0.2, 0.25) is 0 Å². The Balaban J connectivity index is 1.27. The quantitative estimate of drug-likeness (QED) is 0.172. The first kappa shape index (κ1) is 31.9. The van der Waals surface area contributed by atoms with Gasteiger partial charge in [-0.25, -0.2) is 15.0 Å². The zero-order chi connectivity index (χ0) is 37.0. The monoisotopic (exact) mass is 716 g/mol. The summed E-state index contributed by atoms with van der Waals surface area (Å²) < 4.78 is 8.86. The molecule has 0 spiro atoms. The van der Waals surface area contributed by atoms with E-state index in [9.17, 15) is 0 Å². The number of para-hydroxylation sites is 2. The van der Waals surface area contributed by atoms with Crippen LogP contribution in [0.4, 0.5) is 0 Å². The molecule has 0 amide bonds. The molecule has 0 N–H and O–H groups in total. The van der Waals surface area contributed by atoms with E-state index in [4.69, 9.17) is 19.4 Å². The number of rotatable bonds is 6. The third-order valence-corrected chi connectivity index (χ3v) is 10.7. The molecule has 0 bridgehead atoms. The Hall–Kier alpha value is -7.63. The van der Waals surface area contributed by atoms with E-state index in [-0.39, 0.29) is 0 Å². The molecule has 0 atom stereocenters. The van der Waals surface area contributed by atoms with Crippen molar-refractivity contribution in [2.45, 2.75) is 0 Å². The summed E-state index contributed by atoms with van der Waals surface area (Å²) in [7, 11) is 0.